The zero-order valence-corrected chi connectivity index (χ0v) is 12.1. The highest BCUT2D eigenvalue weighted by Crippen LogP contribution is 2.27. The summed E-state index contributed by atoms with van der Waals surface area (Å²) in [6.07, 6.45) is 0. The minimum atomic E-state index is -0.252. The van der Waals surface area contributed by atoms with Crippen LogP contribution < -0.4 is 10.2 Å². The number of benzene rings is 2. The number of imidazole rings is 1. The number of fused-ring (bicyclic) bond motifs is 1. The van der Waals surface area contributed by atoms with Crippen LogP contribution in [0.3, 0.4) is 0 Å². The van der Waals surface area contributed by atoms with E-state index in [1.165, 1.54) is 6.07 Å². The first-order valence-electron chi connectivity index (χ1n) is 7.51. The molecular formula is C17H17FN4. The Kier molecular flexibility index (Phi) is 3.27. The van der Waals surface area contributed by atoms with Gasteiger partial charge >= 0.3 is 0 Å². The minimum absolute atomic E-state index is 0.252. The van der Waals surface area contributed by atoms with E-state index in [1.54, 1.807) is 0 Å². The van der Waals surface area contributed by atoms with E-state index in [-0.39, 0.29) is 5.82 Å². The molecule has 1 aliphatic heterocycles. The molecular weight excluding hydrogens is 279 g/mol. The maximum Gasteiger partial charge on any atom is 0.141 e. The highest BCUT2D eigenvalue weighted by atomic mass is 19.1. The van der Waals surface area contributed by atoms with Gasteiger partial charge in [-0.25, -0.2) is 9.37 Å². The lowest BCUT2D eigenvalue weighted by Crippen LogP contribution is -2.43. The Morgan fingerprint density at radius 3 is 2.68 bits per heavy atom. The molecule has 1 aromatic heterocycles. The van der Waals surface area contributed by atoms with Crippen molar-refractivity contribution in [1.82, 2.24) is 15.3 Å². The van der Waals surface area contributed by atoms with E-state index >= 15 is 0 Å². The molecule has 5 heteroatoms. The van der Waals surface area contributed by atoms with Crippen LogP contribution >= 0.6 is 0 Å². The van der Waals surface area contributed by atoms with Gasteiger partial charge in [-0.3, -0.25) is 0 Å². The summed E-state index contributed by atoms with van der Waals surface area (Å²) in [7, 11) is 0. The highest BCUT2D eigenvalue weighted by Gasteiger charge is 2.15. The van der Waals surface area contributed by atoms with Crippen molar-refractivity contribution in [3.63, 3.8) is 0 Å². The van der Waals surface area contributed by atoms with Crippen molar-refractivity contribution in [2.24, 2.45) is 0 Å². The summed E-state index contributed by atoms with van der Waals surface area (Å²) in [5.74, 6) is 0.327. The smallest absolute Gasteiger partial charge is 0.141 e. The van der Waals surface area contributed by atoms with Crippen molar-refractivity contribution in [3.05, 3.63) is 48.3 Å². The number of nitrogens with one attached hydrogen (secondary N) is 2. The zero-order chi connectivity index (χ0) is 14.9. The molecule has 1 aliphatic rings. The number of nitrogens with zero attached hydrogens (tertiary/aromatic N) is 2. The molecule has 0 spiro atoms. The molecule has 0 unspecified atom stereocenters. The Morgan fingerprint density at radius 1 is 1.05 bits per heavy atom. The summed E-state index contributed by atoms with van der Waals surface area (Å²) in [4.78, 5) is 9.97. The van der Waals surface area contributed by atoms with E-state index in [2.05, 4.69) is 20.2 Å². The minimum Gasteiger partial charge on any atom is -0.369 e. The lowest BCUT2D eigenvalue weighted by molar-refractivity contribution is 0.588. The Hall–Kier alpha value is -2.40. The van der Waals surface area contributed by atoms with Gasteiger partial charge in [-0.15, -0.1) is 0 Å². The van der Waals surface area contributed by atoms with Gasteiger partial charge in [0.2, 0.25) is 0 Å². The number of aromatic amines is 1. The zero-order valence-electron chi connectivity index (χ0n) is 12.1. The quantitative estimate of drug-likeness (QED) is 0.764. The molecule has 2 N–H and O–H groups in total. The van der Waals surface area contributed by atoms with Gasteiger partial charge in [0.05, 0.1) is 16.6 Å². The number of rotatable bonds is 2. The molecule has 0 saturated carbocycles. The second-order valence-electron chi connectivity index (χ2n) is 5.50. The highest BCUT2D eigenvalue weighted by molar-refractivity contribution is 5.80. The van der Waals surface area contributed by atoms with Gasteiger partial charge in [0.1, 0.15) is 11.6 Å². The van der Waals surface area contributed by atoms with Crippen LogP contribution in [-0.2, 0) is 0 Å². The molecule has 4 rings (SSSR count). The van der Waals surface area contributed by atoms with Crippen LogP contribution in [0.1, 0.15) is 0 Å². The van der Waals surface area contributed by atoms with Gasteiger partial charge in [0.25, 0.3) is 0 Å². The Bertz CT molecular complexity index is 772. The van der Waals surface area contributed by atoms with Crippen molar-refractivity contribution in [2.75, 3.05) is 31.1 Å². The molecule has 0 radical (unpaired) electrons. The van der Waals surface area contributed by atoms with Gasteiger partial charge in [-0.05, 0) is 30.3 Å². The summed E-state index contributed by atoms with van der Waals surface area (Å²) in [5, 5.41) is 3.33. The molecule has 22 heavy (non-hydrogen) atoms. The maximum absolute atomic E-state index is 14.3. The normalized spacial score (nSPS) is 15.4. The van der Waals surface area contributed by atoms with Crippen molar-refractivity contribution in [1.29, 1.82) is 0 Å². The summed E-state index contributed by atoms with van der Waals surface area (Å²) in [6.45, 7) is 3.78. The summed E-state index contributed by atoms with van der Waals surface area (Å²) >= 11 is 0. The van der Waals surface area contributed by atoms with Crippen molar-refractivity contribution in [2.45, 2.75) is 0 Å². The maximum atomic E-state index is 14.3. The Labute approximate surface area is 128 Å². The van der Waals surface area contributed by atoms with Gasteiger partial charge in [-0.1, -0.05) is 12.1 Å². The number of H-pyrrole nitrogens is 1. The number of hydrogen-bond acceptors (Lipinski definition) is 3. The number of piperazine rings is 1. The van der Waals surface area contributed by atoms with E-state index in [0.29, 0.717) is 11.4 Å². The second kappa shape index (κ2) is 5.42. The monoisotopic (exact) mass is 296 g/mol. The van der Waals surface area contributed by atoms with E-state index in [0.717, 1.165) is 42.9 Å². The van der Waals surface area contributed by atoms with E-state index in [9.17, 15) is 4.39 Å². The number of para-hydroxylation sites is 2. The first-order chi connectivity index (χ1) is 10.8. The third-order valence-electron chi connectivity index (χ3n) is 4.08. The molecule has 3 aromatic rings. The average molecular weight is 296 g/mol. The Balaban J connectivity index is 1.76. The lowest BCUT2D eigenvalue weighted by Gasteiger charge is -2.29. The first kappa shape index (κ1) is 13.3. The summed E-state index contributed by atoms with van der Waals surface area (Å²) < 4.78 is 14.3. The topological polar surface area (TPSA) is 44.0 Å². The van der Waals surface area contributed by atoms with Gasteiger partial charge in [0.15, 0.2) is 0 Å². The lowest BCUT2D eigenvalue weighted by atomic mass is 10.1. The standard InChI is InChI=1S/C17H17FN4/c18-14-6-5-12(22-9-7-19-8-10-22)11-13(14)17-20-15-3-1-2-4-16(15)21-17/h1-6,11,19H,7-10H2,(H,20,21). The third-order valence-corrected chi connectivity index (χ3v) is 4.08. The number of halogens is 1. The van der Waals surface area contributed by atoms with E-state index in [4.69, 9.17) is 0 Å². The predicted molar refractivity (Wildman–Crippen MR) is 86.6 cm³/mol. The summed E-state index contributed by atoms with van der Waals surface area (Å²) in [5.41, 5.74) is 3.33. The van der Waals surface area contributed by atoms with Crippen LogP contribution in [-0.4, -0.2) is 36.1 Å². The van der Waals surface area contributed by atoms with Gasteiger partial charge in [-0.2, -0.15) is 0 Å². The van der Waals surface area contributed by atoms with Gasteiger partial charge < -0.3 is 15.2 Å². The molecule has 1 saturated heterocycles. The van der Waals surface area contributed by atoms with Crippen LogP contribution in [0.2, 0.25) is 0 Å². The summed E-state index contributed by atoms with van der Waals surface area (Å²) in [6, 6.07) is 13.0. The molecule has 0 amide bonds. The Morgan fingerprint density at radius 2 is 1.86 bits per heavy atom. The van der Waals surface area contributed by atoms with Crippen molar-refractivity contribution in [3.8, 4) is 11.4 Å². The van der Waals surface area contributed by atoms with Crippen LogP contribution in [0.4, 0.5) is 10.1 Å². The van der Waals surface area contributed by atoms with Gasteiger partial charge in [0, 0.05) is 31.9 Å². The molecule has 2 heterocycles. The number of anilines is 1. The van der Waals surface area contributed by atoms with E-state index in [1.807, 2.05) is 36.4 Å². The number of hydrogen-bond donors (Lipinski definition) is 2. The predicted octanol–water partition coefficient (Wildman–Crippen LogP) is 2.78. The fraction of sp³-hybridized carbons (Fsp3) is 0.235. The SMILES string of the molecule is Fc1ccc(N2CCNCC2)cc1-c1nc2ccccc2[nH]1. The molecule has 0 atom stereocenters. The van der Waals surface area contributed by atoms with Crippen LogP contribution in [0.5, 0.6) is 0 Å². The van der Waals surface area contributed by atoms with Crippen molar-refractivity contribution < 1.29 is 4.39 Å². The third kappa shape index (κ3) is 2.33. The second-order valence-corrected chi connectivity index (χ2v) is 5.50. The van der Waals surface area contributed by atoms with Crippen molar-refractivity contribution >= 4 is 16.7 Å². The molecule has 4 nitrogen and oxygen atoms in total. The largest absolute Gasteiger partial charge is 0.369 e. The first-order valence-corrected chi connectivity index (χ1v) is 7.51. The molecule has 2 aromatic carbocycles. The fourth-order valence-corrected chi connectivity index (χ4v) is 2.89. The van der Waals surface area contributed by atoms with Crippen LogP contribution in [0.15, 0.2) is 42.5 Å². The molecule has 0 aliphatic carbocycles. The fourth-order valence-electron chi connectivity index (χ4n) is 2.89. The molecule has 1 fully saturated rings. The van der Waals surface area contributed by atoms with Crippen LogP contribution in [0.25, 0.3) is 22.4 Å². The van der Waals surface area contributed by atoms with Crippen LogP contribution in [0, 0.1) is 5.82 Å². The van der Waals surface area contributed by atoms with E-state index < -0.39 is 0 Å². The number of aromatic nitrogens is 2. The molecule has 112 valence electrons. The average Bonchev–Trinajstić information content (AvgIpc) is 3.00. The molecule has 0 bridgehead atoms.